The van der Waals surface area contributed by atoms with Crippen LogP contribution in [0.25, 0.3) is 22.2 Å². The van der Waals surface area contributed by atoms with Crippen LogP contribution >= 0.6 is 0 Å². The standard InChI is InChI=1S/C23H26N4O3/c28-19-8-5-17(6-9-19)22-16-23(24-11-4-14-26-12-2-1-3-13-26)20-15-18(27(29)30)7-10-21(20)25-22/h5-10,15-16,28H,1-4,11-14H2,(H,24,25). The van der Waals surface area contributed by atoms with E-state index in [2.05, 4.69) is 15.2 Å². The van der Waals surface area contributed by atoms with E-state index in [0.717, 1.165) is 41.8 Å². The van der Waals surface area contributed by atoms with E-state index in [4.69, 9.17) is 0 Å². The number of phenolic OH excluding ortho intramolecular Hbond substituents is 1. The van der Waals surface area contributed by atoms with Crippen molar-refractivity contribution in [3.63, 3.8) is 0 Å². The molecular formula is C23H26N4O3. The third-order valence-corrected chi connectivity index (χ3v) is 5.58. The number of hydrogen-bond donors (Lipinski definition) is 2. The van der Waals surface area contributed by atoms with Crippen molar-refractivity contribution >= 4 is 22.3 Å². The molecule has 1 aliphatic heterocycles. The van der Waals surface area contributed by atoms with Gasteiger partial charge in [0.15, 0.2) is 0 Å². The number of nitrogens with zero attached hydrogens (tertiary/aromatic N) is 3. The number of nitro groups is 1. The van der Waals surface area contributed by atoms with Crippen LogP contribution in [0.1, 0.15) is 25.7 Å². The molecule has 2 heterocycles. The maximum absolute atomic E-state index is 11.2. The Hall–Kier alpha value is -3.19. The lowest BCUT2D eigenvalue weighted by Crippen LogP contribution is -2.31. The van der Waals surface area contributed by atoms with E-state index in [1.165, 1.54) is 38.4 Å². The Bertz CT molecular complexity index is 1030. The molecule has 1 aliphatic rings. The highest BCUT2D eigenvalue weighted by atomic mass is 16.6. The van der Waals surface area contributed by atoms with Crippen LogP contribution in [0.2, 0.25) is 0 Å². The number of rotatable bonds is 7. The van der Waals surface area contributed by atoms with Gasteiger partial charge < -0.3 is 15.3 Å². The molecule has 2 aromatic carbocycles. The van der Waals surface area contributed by atoms with Gasteiger partial charge in [0.05, 0.1) is 16.1 Å². The van der Waals surface area contributed by atoms with Crippen LogP contribution in [-0.2, 0) is 0 Å². The third kappa shape index (κ3) is 4.68. The third-order valence-electron chi connectivity index (χ3n) is 5.58. The van der Waals surface area contributed by atoms with Crippen LogP contribution < -0.4 is 5.32 Å². The molecule has 0 bridgehead atoms. The summed E-state index contributed by atoms with van der Waals surface area (Å²) in [7, 11) is 0. The van der Waals surface area contributed by atoms with E-state index >= 15 is 0 Å². The first-order valence-electron chi connectivity index (χ1n) is 10.4. The summed E-state index contributed by atoms with van der Waals surface area (Å²) in [5.41, 5.74) is 3.23. The van der Waals surface area contributed by atoms with Gasteiger partial charge in [-0.3, -0.25) is 10.1 Å². The minimum atomic E-state index is -0.381. The largest absolute Gasteiger partial charge is 0.508 e. The number of hydrogen-bond acceptors (Lipinski definition) is 6. The van der Waals surface area contributed by atoms with E-state index in [0.29, 0.717) is 5.52 Å². The fourth-order valence-electron chi connectivity index (χ4n) is 3.96. The van der Waals surface area contributed by atoms with E-state index in [1.807, 2.05) is 18.2 Å². The molecule has 156 valence electrons. The first-order valence-corrected chi connectivity index (χ1v) is 10.4. The number of nitro benzene ring substituents is 1. The van der Waals surface area contributed by atoms with Gasteiger partial charge in [-0.1, -0.05) is 6.42 Å². The summed E-state index contributed by atoms with van der Waals surface area (Å²) in [6.45, 7) is 4.19. The van der Waals surface area contributed by atoms with Crippen molar-refractivity contribution in [1.82, 2.24) is 9.88 Å². The summed E-state index contributed by atoms with van der Waals surface area (Å²) in [6, 6.07) is 13.6. The summed E-state index contributed by atoms with van der Waals surface area (Å²) in [4.78, 5) is 18.1. The van der Waals surface area contributed by atoms with Gasteiger partial charge >= 0.3 is 0 Å². The second-order valence-corrected chi connectivity index (χ2v) is 7.74. The zero-order valence-corrected chi connectivity index (χ0v) is 16.9. The Morgan fingerprint density at radius 1 is 1.07 bits per heavy atom. The quantitative estimate of drug-likeness (QED) is 0.333. The highest BCUT2D eigenvalue weighted by molar-refractivity contribution is 5.95. The predicted octanol–water partition coefficient (Wildman–Crippen LogP) is 4.80. The zero-order valence-electron chi connectivity index (χ0n) is 16.9. The lowest BCUT2D eigenvalue weighted by molar-refractivity contribution is -0.384. The van der Waals surface area contributed by atoms with Gasteiger partial charge in [0, 0.05) is 35.3 Å². The highest BCUT2D eigenvalue weighted by Gasteiger charge is 2.13. The number of benzene rings is 2. The van der Waals surface area contributed by atoms with Gasteiger partial charge in [0.2, 0.25) is 0 Å². The number of aromatic nitrogens is 1. The molecule has 0 spiro atoms. The molecule has 0 aliphatic carbocycles. The van der Waals surface area contributed by atoms with Gasteiger partial charge in [0.25, 0.3) is 5.69 Å². The molecule has 0 radical (unpaired) electrons. The van der Waals surface area contributed by atoms with E-state index < -0.39 is 0 Å². The molecule has 1 saturated heterocycles. The molecule has 7 nitrogen and oxygen atoms in total. The number of pyridine rings is 1. The monoisotopic (exact) mass is 406 g/mol. The normalized spacial score (nSPS) is 14.7. The number of piperidine rings is 1. The molecule has 2 N–H and O–H groups in total. The van der Waals surface area contributed by atoms with Crippen LogP contribution in [0.3, 0.4) is 0 Å². The van der Waals surface area contributed by atoms with Gasteiger partial charge in [-0.05, 0) is 75.3 Å². The van der Waals surface area contributed by atoms with Crippen LogP contribution in [0.5, 0.6) is 5.75 Å². The lowest BCUT2D eigenvalue weighted by atomic mass is 10.1. The van der Waals surface area contributed by atoms with Crippen LogP contribution in [0, 0.1) is 10.1 Å². The van der Waals surface area contributed by atoms with Crippen molar-refractivity contribution in [1.29, 1.82) is 0 Å². The first kappa shape index (κ1) is 20.1. The van der Waals surface area contributed by atoms with Crippen molar-refractivity contribution in [2.75, 3.05) is 31.5 Å². The van der Waals surface area contributed by atoms with Gasteiger partial charge in [-0.15, -0.1) is 0 Å². The zero-order chi connectivity index (χ0) is 20.9. The van der Waals surface area contributed by atoms with Crippen molar-refractivity contribution in [3.05, 3.63) is 58.6 Å². The second-order valence-electron chi connectivity index (χ2n) is 7.74. The number of phenols is 1. The number of likely N-dealkylation sites (tertiary alicyclic amines) is 1. The van der Waals surface area contributed by atoms with Gasteiger partial charge in [-0.2, -0.15) is 0 Å². The summed E-state index contributed by atoms with van der Waals surface area (Å²) < 4.78 is 0. The maximum Gasteiger partial charge on any atom is 0.270 e. The summed E-state index contributed by atoms with van der Waals surface area (Å²) in [5, 5.41) is 25.0. The molecule has 1 aromatic heterocycles. The Morgan fingerprint density at radius 3 is 2.57 bits per heavy atom. The minimum Gasteiger partial charge on any atom is -0.508 e. The summed E-state index contributed by atoms with van der Waals surface area (Å²) in [6.07, 6.45) is 4.90. The molecule has 0 atom stereocenters. The average molecular weight is 406 g/mol. The number of anilines is 1. The molecule has 4 rings (SSSR count). The topological polar surface area (TPSA) is 91.5 Å². The minimum absolute atomic E-state index is 0.0538. The van der Waals surface area contributed by atoms with E-state index in [-0.39, 0.29) is 16.4 Å². The molecule has 0 amide bonds. The molecule has 3 aromatic rings. The molecule has 1 fully saturated rings. The average Bonchev–Trinajstić information content (AvgIpc) is 2.77. The SMILES string of the molecule is O=[N+]([O-])c1ccc2nc(-c3ccc(O)cc3)cc(NCCCN3CCCCC3)c2c1. The van der Waals surface area contributed by atoms with Gasteiger partial charge in [-0.25, -0.2) is 4.98 Å². The van der Waals surface area contributed by atoms with Crippen LogP contribution in [0.15, 0.2) is 48.5 Å². The van der Waals surface area contributed by atoms with Crippen molar-refractivity contribution in [2.24, 2.45) is 0 Å². The highest BCUT2D eigenvalue weighted by Crippen LogP contribution is 2.31. The number of nitrogens with one attached hydrogen (secondary N) is 1. The van der Waals surface area contributed by atoms with Gasteiger partial charge in [0.1, 0.15) is 5.75 Å². The predicted molar refractivity (Wildman–Crippen MR) is 119 cm³/mol. The Morgan fingerprint density at radius 2 is 1.83 bits per heavy atom. The Labute approximate surface area is 175 Å². The summed E-state index contributed by atoms with van der Waals surface area (Å²) in [5.74, 6) is 0.200. The van der Waals surface area contributed by atoms with Crippen molar-refractivity contribution in [2.45, 2.75) is 25.7 Å². The number of non-ortho nitro benzene ring substituents is 1. The molecule has 0 saturated carbocycles. The van der Waals surface area contributed by atoms with Crippen molar-refractivity contribution in [3.8, 4) is 17.0 Å². The maximum atomic E-state index is 11.2. The smallest absolute Gasteiger partial charge is 0.270 e. The molecule has 30 heavy (non-hydrogen) atoms. The number of fused-ring (bicyclic) bond motifs is 1. The summed E-state index contributed by atoms with van der Waals surface area (Å²) >= 11 is 0. The van der Waals surface area contributed by atoms with Crippen LogP contribution in [-0.4, -0.2) is 46.1 Å². The molecule has 7 heteroatoms. The van der Waals surface area contributed by atoms with Crippen LogP contribution in [0.4, 0.5) is 11.4 Å². The fourth-order valence-corrected chi connectivity index (χ4v) is 3.96. The lowest BCUT2D eigenvalue weighted by Gasteiger charge is -2.26. The van der Waals surface area contributed by atoms with E-state index in [9.17, 15) is 15.2 Å². The Kier molecular flexibility index (Phi) is 6.09. The first-order chi connectivity index (χ1) is 14.6. The molecule has 0 unspecified atom stereocenters. The fraction of sp³-hybridized carbons (Fsp3) is 0.348. The second kappa shape index (κ2) is 9.09. The molecular weight excluding hydrogens is 380 g/mol. The Balaban J connectivity index is 1.59. The van der Waals surface area contributed by atoms with E-state index in [1.54, 1.807) is 24.3 Å². The van der Waals surface area contributed by atoms with Crippen molar-refractivity contribution < 1.29 is 10.0 Å². The number of aromatic hydroxyl groups is 1.